The summed E-state index contributed by atoms with van der Waals surface area (Å²) in [6.45, 7) is 12.1. The largest absolute Gasteiger partial charge is 0.488 e. The van der Waals surface area contributed by atoms with Crippen molar-refractivity contribution in [3.63, 3.8) is 0 Å². The normalized spacial score (nSPS) is 11.1. The first kappa shape index (κ1) is 10.8. The fourth-order valence-electron chi connectivity index (χ4n) is 1.24. The van der Waals surface area contributed by atoms with Gasteiger partial charge >= 0.3 is 0 Å². The van der Waals surface area contributed by atoms with E-state index in [4.69, 9.17) is 4.74 Å². The first-order valence-corrected chi connectivity index (χ1v) is 4.84. The van der Waals surface area contributed by atoms with Gasteiger partial charge in [0.2, 0.25) is 0 Å². The summed E-state index contributed by atoms with van der Waals surface area (Å²) in [7, 11) is 0. The molecule has 0 atom stereocenters. The molecule has 0 saturated carbocycles. The number of hydrogen-bond donors (Lipinski definition) is 0. The van der Waals surface area contributed by atoms with E-state index in [-0.39, 0.29) is 5.60 Å². The lowest BCUT2D eigenvalue weighted by molar-refractivity contribution is 0.130. The van der Waals surface area contributed by atoms with Crippen LogP contribution in [0.5, 0.6) is 5.75 Å². The highest BCUT2D eigenvalue weighted by molar-refractivity contribution is 5.67. The van der Waals surface area contributed by atoms with Crippen LogP contribution in [0.1, 0.15) is 33.3 Å². The molecule has 0 aliphatic rings. The summed E-state index contributed by atoms with van der Waals surface area (Å²) in [6, 6.07) is 7.99. The summed E-state index contributed by atoms with van der Waals surface area (Å²) < 4.78 is 5.83. The Balaban J connectivity index is 3.02. The van der Waals surface area contributed by atoms with Gasteiger partial charge in [-0.15, -0.1) is 0 Å². The number of hydrogen-bond acceptors (Lipinski definition) is 1. The maximum absolute atomic E-state index is 5.83. The van der Waals surface area contributed by atoms with Crippen LogP contribution in [-0.4, -0.2) is 5.60 Å². The molecule has 0 N–H and O–H groups in total. The number of para-hydroxylation sites is 1. The summed E-state index contributed by atoms with van der Waals surface area (Å²) in [6.07, 6.45) is 0. The Kier molecular flexibility index (Phi) is 3.00. The molecule has 0 aliphatic carbocycles. The van der Waals surface area contributed by atoms with Gasteiger partial charge in [0.15, 0.2) is 0 Å². The third kappa shape index (κ3) is 2.91. The zero-order chi connectivity index (χ0) is 10.8. The highest BCUT2D eigenvalue weighted by atomic mass is 16.5. The summed E-state index contributed by atoms with van der Waals surface area (Å²) in [5, 5.41) is 0. The monoisotopic (exact) mass is 190 g/mol. The minimum Gasteiger partial charge on any atom is -0.488 e. The molecule has 1 heteroatoms. The summed E-state index contributed by atoms with van der Waals surface area (Å²) in [4.78, 5) is 0. The molecule has 1 rings (SSSR count). The lowest BCUT2D eigenvalue weighted by Crippen LogP contribution is -2.23. The smallest absolute Gasteiger partial charge is 0.127 e. The summed E-state index contributed by atoms with van der Waals surface area (Å²) >= 11 is 0. The summed E-state index contributed by atoms with van der Waals surface area (Å²) in [5.41, 5.74) is 1.96. The van der Waals surface area contributed by atoms with Gasteiger partial charge in [0.1, 0.15) is 11.4 Å². The van der Waals surface area contributed by atoms with Gasteiger partial charge in [0.05, 0.1) is 0 Å². The van der Waals surface area contributed by atoms with Gasteiger partial charge in [-0.05, 0) is 39.3 Å². The topological polar surface area (TPSA) is 9.23 Å². The zero-order valence-corrected chi connectivity index (χ0v) is 9.42. The fraction of sp³-hybridized carbons (Fsp3) is 0.385. The second kappa shape index (κ2) is 3.87. The minimum atomic E-state index is -0.161. The van der Waals surface area contributed by atoms with Gasteiger partial charge in [0, 0.05) is 5.56 Å². The highest BCUT2D eigenvalue weighted by Crippen LogP contribution is 2.27. The predicted molar refractivity (Wildman–Crippen MR) is 61.5 cm³/mol. The number of ether oxygens (including phenoxy) is 1. The van der Waals surface area contributed by atoms with Crippen LogP contribution in [0.4, 0.5) is 0 Å². The van der Waals surface area contributed by atoms with Crippen LogP contribution in [0.15, 0.2) is 30.8 Å². The molecule has 0 amide bonds. The molecule has 0 bridgehead atoms. The molecule has 0 saturated heterocycles. The van der Waals surface area contributed by atoms with Crippen molar-refractivity contribution in [1.82, 2.24) is 0 Å². The quantitative estimate of drug-likeness (QED) is 0.687. The van der Waals surface area contributed by atoms with Gasteiger partial charge in [0.25, 0.3) is 0 Å². The molecule has 0 unspecified atom stereocenters. The van der Waals surface area contributed by atoms with E-state index < -0.39 is 0 Å². The molecular weight excluding hydrogens is 172 g/mol. The van der Waals surface area contributed by atoms with Crippen LogP contribution in [-0.2, 0) is 0 Å². The van der Waals surface area contributed by atoms with Crippen LogP contribution >= 0.6 is 0 Å². The molecule has 76 valence electrons. The maximum Gasteiger partial charge on any atom is 0.127 e. The molecule has 14 heavy (non-hydrogen) atoms. The van der Waals surface area contributed by atoms with Gasteiger partial charge < -0.3 is 4.74 Å². The van der Waals surface area contributed by atoms with Crippen LogP contribution in [0, 0.1) is 0 Å². The number of allylic oxidation sites excluding steroid dienone is 1. The van der Waals surface area contributed by atoms with E-state index in [9.17, 15) is 0 Å². The van der Waals surface area contributed by atoms with Crippen molar-refractivity contribution in [2.24, 2.45) is 0 Å². The van der Waals surface area contributed by atoms with Crippen molar-refractivity contribution in [3.8, 4) is 5.75 Å². The molecule has 0 aromatic heterocycles. The number of rotatable bonds is 2. The van der Waals surface area contributed by atoms with Gasteiger partial charge in [-0.3, -0.25) is 0 Å². The van der Waals surface area contributed by atoms with E-state index in [1.807, 2.05) is 52.0 Å². The first-order chi connectivity index (χ1) is 6.40. The molecule has 0 heterocycles. The average molecular weight is 190 g/mol. The lowest BCUT2D eigenvalue weighted by Gasteiger charge is -2.23. The van der Waals surface area contributed by atoms with E-state index >= 15 is 0 Å². The van der Waals surface area contributed by atoms with Gasteiger partial charge in [-0.25, -0.2) is 0 Å². The van der Waals surface area contributed by atoms with E-state index in [1.165, 1.54) is 0 Å². The van der Waals surface area contributed by atoms with Crippen molar-refractivity contribution < 1.29 is 4.74 Å². The van der Waals surface area contributed by atoms with E-state index in [2.05, 4.69) is 6.58 Å². The minimum absolute atomic E-state index is 0.161. The van der Waals surface area contributed by atoms with Gasteiger partial charge in [-0.2, -0.15) is 0 Å². The summed E-state index contributed by atoms with van der Waals surface area (Å²) in [5.74, 6) is 0.910. The first-order valence-electron chi connectivity index (χ1n) is 4.84. The average Bonchev–Trinajstić information content (AvgIpc) is 2.01. The van der Waals surface area contributed by atoms with Gasteiger partial charge in [-0.1, -0.05) is 24.8 Å². The molecular formula is C13H18O. The molecule has 0 aliphatic heterocycles. The van der Waals surface area contributed by atoms with Crippen LogP contribution in [0.25, 0.3) is 5.57 Å². The van der Waals surface area contributed by atoms with E-state index in [0.717, 1.165) is 16.9 Å². The van der Waals surface area contributed by atoms with Crippen LogP contribution in [0.3, 0.4) is 0 Å². The SMILES string of the molecule is C=C(C)c1ccccc1OC(C)(C)C. The Bertz CT molecular complexity index is 331. The lowest BCUT2D eigenvalue weighted by atomic mass is 10.1. The molecule has 1 aromatic carbocycles. The second-order valence-corrected chi connectivity index (χ2v) is 4.49. The fourth-order valence-corrected chi connectivity index (χ4v) is 1.24. The van der Waals surface area contributed by atoms with E-state index in [1.54, 1.807) is 0 Å². The van der Waals surface area contributed by atoms with Crippen molar-refractivity contribution in [2.45, 2.75) is 33.3 Å². The zero-order valence-electron chi connectivity index (χ0n) is 9.42. The molecule has 1 nitrogen and oxygen atoms in total. The standard InChI is InChI=1S/C13H18O/c1-10(2)11-8-6-7-9-12(11)14-13(3,4)5/h6-9H,1H2,2-5H3. The van der Waals surface area contributed by atoms with Crippen molar-refractivity contribution in [3.05, 3.63) is 36.4 Å². The van der Waals surface area contributed by atoms with Crippen molar-refractivity contribution in [2.75, 3.05) is 0 Å². The Morgan fingerprint density at radius 1 is 1.21 bits per heavy atom. The third-order valence-corrected chi connectivity index (χ3v) is 1.76. The van der Waals surface area contributed by atoms with Crippen molar-refractivity contribution >= 4 is 5.57 Å². The number of benzene rings is 1. The second-order valence-electron chi connectivity index (χ2n) is 4.49. The van der Waals surface area contributed by atoms with Crippen molar-refractivity contribution in [1.29, 1.82) is 0 Å². The predicted octanol–water partition coefficient (Wildman–Crippen LogP) is 3.90. The maximum atomic E-state index is 5.83. The highest BCUT2D eigenvalue weighted by Gasteiger charge is 2.14. The molecule has 0 spiro atoms. The molecule has 1 aromatic rings. The van der Waals surface area contributed by atoms with Crippen LogP contribution in [0.2, 0.25) is 0 Å². The van der Waals surface area contributed by atoms with Crippen LogP contribution < -0.4 is 4.74 Å². The van der Waals surface area contributed by atoms with E-state index in [0.29, 0.717) is 0 Å². The third-order valence-electron chi connectivity index (χ3n) is 1.76. The Labute approximate surface area is 86.4 Å². The molecule has 0 radical (unpaired) electrons. The Morgan fingerprint density at radius 2 is 1.79 bits per heavy atom. The Morgan fingerprint density at radius 3 is 2.29 bits per heavy atom. The Hall–Kier alpha value is -1.24. The molecule has 0 fully saturated rings.